The number of primary amides is 1. The number of nitrogens with zero attached hydrogens (tertiary/aromatic N) is 3. The SMILES string of the molecule is CN(C)c1cc(CN(CC(C)(C)C)C(=O)OCOC(=O)C(C)(C)C)c(O)c2c1CC1CC3C(N(C)C)C(O)=C(C(N)=O)C(=O)C3(O)C(O)=C1C2=O. The van der Waals surface area contributed by atoms with Gasteiger partial charge in [-0.25, -0.2) is 4.79 Å². The summed E-state index contributed by atoms with van der Waals surface area (Å²) in [4.78, 5) is 70.4. The maximum Gasteiger partial charge on any atom is 0.412 e. The molecule has 1 aromatic rings. The van der Waals surface area contributed by atoms with Gasteiger partial charge in [0.25, 0.3) is 5.91 Å². The molecule has 51 heavy (non-hydrogen) atoms. The number of amides is 2. The minimum atomic E-state index is -2.77. The van der Waals surface area contributed by atoms with Gasteiger partial charge in [0.15, 0.2) is 11.4 Å². The van der Waals surface area contributed by atoms with E-state index >= 15 is 0 Å². The summed E-state index contributed by atoms with van der Waals surface area (Å²) in [6.45, 7) is 9.90. The molecule has 1 aromatic carbocycles. The van der Waals surface area contributed by atoms with Crippen LogP contribution in [0.25, 0.3) is 0 Å². The van der Waals surface area contributed by atoms with Gasteiger partial charge >= 0.3 is 12.1 Å². The van der Waals surface area contributed by atoms with Gasteiger partial charge < -0.3 is 45.4 Å². The van der Waals surface area contributed by atoms with Crippen molar-refractivity contribution in [2.45, 2.75) is 72.6 Å². The van der Waals surface area contributed by atoms with E-state index < -0.39 is 93.5 Å². The number of anilines is 1. The van der Waals surface area contributed by atoms with Gasteiger partial charge in [-0.2, -0.15) is 0 Å². The summed E-state index contributed by atoms with van der Waals surface area (Å²) in [5, 5.41) is 46.4. The molecule has 3 aliphatic rings. The monoisotopic (exact) mass is 714 g/mol. The van der Waals surface area contributed by atoms with Crippen LogP contribution in [0.15, 0.2) is 28.7 Å². The predicted octanol–water partition coefficient (Wildman–Crippen LogP) is 2.72. The van der Waals surface area contributed by atoms with E-state index in [-0.39, 0.29) is 42.6 Å². The third-order valence-corrected chi connectivity index (χ3v) is 9.53. The van der Waals surface area contributed by atoms with Gasteiger partial charge in [-0.3, -0.25) is 24.1 Å². The number of benzene rings is 1. The lowest BCUT2D eigenvalue weighted by atomic mass is 9.58. The van der Waals surface area contributed by atoms with Crippen molar-refractivity contribution in [1.29, 1.82) is 0 Å². The van der Waals surface area contributed by atoms with E-state index in [1.807, 2.05) is 20.8 Å². The fraction of sp³-hybridized carbons (Fsp3) is 0.583. The molecule has 3 aliphatic carbocycles. The van der Waals surface area contributed by atoms with Crippen LogP contribution in [-0.2, 0) is 36.8 Å². The standard InChI is InChI=1S/C36H50N4O11/c1-34(2,3)15-40(33(48)51-16-50-32(47)35(4,5)6)14-18-13-21(38(7)8)19-11-17-12-20-25(39(9)10)28(43)24(31(37)46)30(45)36(20,49)29(44)22(17)27(42)23(19)26(18)41/h13,17,20,25,41,43-44,49H,11-12,14-16H2,1-10H3,(H2,37,46). The summed E-state index contributed by atoms with van der Waals surface area (Å²) < 4.78 is 10.4. The molecule has 4 unspecified atom stereocenters. The lowest BCUT2D eigenvalue weighted by Gasteiger charge is -2.50. The fourth-order valence-electron chi connectivity index (χ4n) is 7.28. The number of phenolic OH excluding ortho intramolecular Hbond substituents is 1. The number of aliphatic hydroxyl groups is 3. The van der Waals surface area contributed by atoms with Crippen molar-refractivity contribution in [2.24, 2.45) is 28.4 Å². The maximum atomic E-state index is 14.4. The minimum absolute atomic E-state index is 0.0495. The molecule has 0 fully saturated rings. The smallest absolute Gasteiger partial charge is 0.412 e. The molecule has 0 bridgehead atoms. The molecule has 2 amide bonds. The average Bonchev–Trinajstić information content (AvgIpc) is 2.98. The number of hydrogen-bond donors (Lipinski definition) is 5. The number of carbonyl (C=O) groups excluding carboxylic acids is 5. The molecule has 6 N–H and O–H groups in total. The van der Waals surface area contributed by atoms with Crippen LogP contribution in [0.1, 0.15) is 69.4 Å². The Morgan fingerprint density at radius 3 is 2.12 bits per heavy atom. The highest BCUT2D eigenvalue weighted by atomic mass is 16.7. The number of hydrogen-bond acceptors (Lipinski definition) is 13. The zero-order valence-corrected chi connectivity index (χ0v) is 30.9. The number of ketones is 2. The number of aliphatic hydroxyl groups excluding tert-OH is 2. The molecule has 0 saturated carbocycles. The largest absolute Gasteiger partial charge is 0.510 e. The van der Waals surface area contributed by atoms with E-state index in [1.54, 1.807) is 59.9 Å². The Morgan fingerprint density at radius 1 is 1.00 bits per heavy atom. The van der Waals surface area contributed by atoms with E-state index in [0.29, 0.717) is 11.3 Å². The fourth-order valence-corrected chi connectivity index (χ4v) is 7.28. The van der Waals surface area contributed by atoms with Crippen LogP contribution >= 0.6 is 0 Å². The Hall–Kier alpha value is -4.63. The number of fused-ring (bicyclic) bond motifs is 3. The van der Waals surface area contributed by atoms with Crippen LogP contribution in [0.3, 0.4) is 0 Å². The number of carbonyl (C=O) groups is 5. The number of likely N-dealkylation sites (N-methyl/N-ethyl adjacent to an activating group) is 1. The van der Waals surface area contributed by atoms with Gasteiger partial charge in [0.2, 0.25) is 12.6 Å². The summed E-state index contributed by atoms with van der Waals surface area (Å²) in [7, 11) is 6.61. The third-order valence-electron chi connectivity index (χ3n) is 9.53. The minimum Gasteiger partial charge on any atom is -0.510 e. The first kappa shape index (κ1) is 39.2. The summed E-state index contributed by atoms with van der Waals surface area (Å²) in [5.74, 6) is -8.04. The van der Waals surface area contributed by atoms with Gasteiger partial charge in [-0.1, -0.05) is 20.8 Å². The number of phenols is 1. The molecule has 0 heterocycles. The van der Waals surface area contributed by atoms with Crippen molar-refractivity contribution in [3.8, 4) is 5.75 Å². The number of esters is 1. The molecule has 15 nitrogen and oxygen atoms in total. The third kappa shape index (κ3) is 7.01. The summed E-state index contributed by atoms with van der Waals surface area (Å²) in [6.07, 6.45) is -0.787. The topological polar surface area (TPSA) is 220 Å². The van der Waals surface area contributed by atoms with E-state index in [0.717, 1.165) is 0 Å². The second-order valence-electron chi connectivity index (χ2n) is 16.2. The highest BCUT2D eigenvalue weighted by Gasteiger charge is 2.63. The maximum absolute atomic E-state index is 14.4. The number of Topliss-reactive ketones (excluding diaryl/α,β-unsaturated/α-hetero) is 2. The first-order valence-corrected chi connectivity index (χ1v) is 16.6. The lowest BCUT2D eigenvalue weighted by Crippen LogP contribution is -2.63. The second kappa shape index (κ2) is 13.5. The van der Waals surface area contributed by atoms with Crippen molar-refractivity contribution < 1.29 is 53.9 Å². The zero-order valence-electron chi connectivity index (χ0n) is 30.9. The Morgan fingerprint density at radius 2 is 1.61 bits per heavy atom. The molecule has 0 aromatic heterocycles. The van der Waals surface area contributed by atoms with Crippen LogP contribution in [-0.4, -0.2) is 113 Å². The highest BCUT2D eigenvalue weighted by molar-refractivity contribution is 6.25. The Balaban J connectivity index is 1.81. The molecule has 4 atom stereocenters. The molecule has 0 spiro atoms. The number of rotatable bonds is 8. The normalized spacial score (nSPS) is 23.4. The van der Waals surface area contributed by atoms with Gasteiger partial charge in [0.1, 0.15) is 22.8 Å². The van der Waals surface area contributed by atoms with Crippen molar-refractivity contribution in [3.05, 3.63) is 45.4 Å². The molecule has 0 aliphatic heterocycles. The number of ether oxygens (including phenoxy) is 2. The van der Waals surface area contributed by atoms with Crippen molar-refractivity contribution >= 4 is 35.2 Å². The zero-order chi connectivity index (χ0) is 38.7. The van der Waals surface area contributed by atoms with Crippen LogP contribution in [0, 0.1) is 22.7 Å². The number of nitrogens with two attached hydrogens (primary N) is 1. The van der Waals surface area contributed by atoms with Gasteiger partial charge in [-0.05, 0) is 70.7 Å². The van der Waals surface area contributed by atoms with Crippen LogP contribution in [0.2, 0.25) is 0 Å². The van der Waals surface area contributed by atoms with E-state index in [4.69, 9.17) is 15.2 Å². The molecule has 0 radical (unpaired) electrons. The van der Waals surface area contributed by atoms with Crippen LogP contribution in [0.5, 0.6) is 5.75 Å². The Kier molecular flexibility index (Phi) is 10.4. The van der Waals surface area contributed by atoms with Crippen molar-refractivity contribution in [3.63, 3.8) is 0 Å². The predicted molar refractivity (Wildman–Crippen MR) is 185 cm³/mol. The molecule has 4 rings (SSSR count). The number of aromatic hydroxyl groups is 1. The molecule has 15 heteroatoms. The first-order chi connectivity index (χ1) is 23.3. The number of allylic oxidation sites excluding steroid dienone is 1. The highest BCUT2D eigenvalue weighted by Crippen LogP contribution is 2.53. The molecule has 280 valence electrons. The first-order valence-electron chi connectivity index (χ1n) is 16.6. The lowest BCUT2D eigenvalue weighted by molar-refractivity contribution is -0.162. The molecule has 0 saturated heterocycles. The Bertz CT molecular complexity index is 1730. The molecular weight excluding hydrogens is 664 g/mol. The van der Waals surface area contributed by atoms with E-state index in [2.05, 4.69) is 0 Å². The van der Waals surface area contributed by atoms with Gasteiger partial charge in [0, 0.05) is 43.4 Å². The quantitative estimate of drug-likeness (QED) is 0.149. The Labute approximate surface area is 297 Å². The van der Waals surface area contributed by atoms with Gasteiger partial charge in [-0.15, -0.1) is 0 Å². The summed E-state index contributed by atoms with van der Waals surface area (Å²) >= 11 is 0. The molecular formula is C36H50N4O11. The van der Waals surface area contributed by atoms with Gasteiger partial charge in [0.05, 0.1) is 23.6 Å². The summed E-state index contributed by atoms with van der Waals surface area (Å²) in [6, 6.07) is 0.545. The van der Waals surface area contributed by atoms with Crippen molar-refractivity contribution in [2.75, 3.05) is 46.4 Å². The summed E-state index contributed by atoms with van der Waals surface area (Å²) in [5.41, 5.74) is 1.17. The van der Waals surface area contributed by atoms with E-state index in [1.165, 1.54) is 9.80 Å². The van der Waals surface area contributed by atoms with Crippen LogP contribution in [0.4, 0.5) is 10.5 Å². The van der Waals surface area contributed by atoms with Crippen molar-refractivity contribution in [1.82, 2.24) is 9.80 Å². The van der Waals surface area contributed by atoms with E-state index in [9.17, 15) is 44.4 Å². The second-order valence-corrected chi connectivity index (χ2v) is 16.2. The van der Waals surface area contributed by atoms with Crippen LogP contribution < -0.4 is 10.6 Å². The average molecular weight is 715 g/mol.